The molecule has 2 aromatic carbocycles. The maximum absolute atomic E-state index is 6.39. The molecule has 0 fully saturated rings. The van der Waals surface area contributed by atoms with Crippen molar-refractivity contribution in [2.45, 2.75) is 20.3 Å². The summed E-state index contributed by atoms with van der Waals surface area (Å²) in [5.74, 6) is 1.96. The van der Waals surface area contributed by atoms with E-state index in [0.717, 1.165) is 29.0 Å². The summed E-state index contributed by atoms with van der Waals surface area (Å²) >= 11 is 7.86. The lowest BCUT2D eigenvalue weighted by atomic mass is 10.2. The van der Waals surface area contributed by atoms with Crippen LogP contribution in [0.4, 0.5) is 5.13 Å². The minimum atomic E-state index is 0.491. The number of anilines is 1. The molecular formula is C22H24ClN3O3S. The largest absolute Gasteiger partial charge is 0.497 e. The van der Waals surface area contributed by atoms with E-state index < -0.39 is 0 Å². The Labute approximate surface area is 185 Å². The van der Waals surface area contributed by atoms with Gasteiger partial charge in [0.2, 0.25) is 5.13 Å². The van der Waals surface area contributed by atoms with Crippen LogP contribution in [0.25, 0.3) is 11.3 Å². The highest BCUT2D eigenvalue weighted by atomic mass is 35.5. The highest BCUT2D eigenvalue weighted by molar-refractivity contribution is 7.14. The molecule has 8 heteroatoms. The molecule has 3 rings (SSSR count). The van der Waals surface area contributed by atoms with E-state index in [0.29, 0.717) is 34.9 Å². The Kier molecular flexibility index (Phi) is 7.93. The zero-order valence-corrected chi connectivity index (χ0v) is 18.7. The number of nitrogens with one attached hydrogen (secondary N) is 1. The van der Waals surface area contributed by atoms with E-state index in [-0.39, 0.29) is 0 Å². The molecule has 1 heterocycles. The van der Waals surface area contributed by atoms with Crippen molar-refractivity contribution in [1.82, 2.24) is 4.98 Å². The molecular weight excluding hydrogens is 422 g/mol. The van der Waals surface area contributed by atoms with E-state index in [1.54, 1.807) is 19.4 Å². The second-order valence-electron chi connectivity index (χ2n) is 6.25. The van der Waals surface area contributed by atoms with E-state index in [4.69, 9.17) is 25.8 Å². The molecule has 30 heavy (non-hydrogen) atoms. The van der Waals surface area contributed by atoms with Crippen molar-refractivity contribution in [3.8, 4) is 28.5 Å². The lowest BCUT2D eigenvalue weighted by Gasteiger charge is -2.13. The van der Waals surface area contributed by atoms with Crippen LogP contribution in [0.15, 0.2) is 46.9 Å². The zero-order valence-electron chi connectivity index (χ0n) is 17.1. The number of hydrazone groups is 1. The molecule has 0 saturated carbocycles. The van der Waals surface area contributed by atoms with Gasteiger partial charge in [0.15, 0.2) is 11.5 Å². The van der Waals surface area contributed by atoms with Gasteiger partial charge in [-0.2, -0.15) is 5.10 Å². The first-order chi connectivity index (χ1) is 14.6. The topological polar surface area (TPSA) is 65.0 Å². The van der Waals surface area contributed by atoms with Gasteiger partial charge < -0.3 is 14.2 Å². The van der Waals surface area contributed by atoms with E-state index >= 15 is 0 Å². The zero-order chi connectivity index (χ0) is 21.3. The number of rotatable bonds is 10. The summed E-state index contributed by atoms with van der Waals surface area (Å²) in [4.78, 5) is 4.57. The van der Waals surface area contributed by atoms with Crippen LogP contribution >= 0.6 is 22.9 Å². The third-order valence-electron chi connectivity index (χ3n) is 4.03. The van der Waals surface area contributed by atoms with Crippen LogP contribution in [0.2, 0.25) is 5.02 Å². The predicted molar refractivity (Wildman–Crippen MR) is 124 cm³/mol. The minimum absolute atomic E-state index is 0.491. The lowest BCUT2D eigenvalue weighted by Crippen LogP contribution is -2.02. The van der Waals surface area contributed by atoms with Crippen LogP contribution in [0.5, 0.6) is 17.2 Å². The lowest BCUT2D eigenvalue weighted by molar-refractivity contribution is 0.277. The van der Waals surface area contributed by atoms with Crippen molar-refractivity contribution in [1.29, 1.82) is 0 Å². The molecule has 0 aliphatic heterocycles. The molecule has 0 spiro atoms. The Morgan fingerprint density at radius 1 is 1.20 bits per heavy atom. The summed E-state index contributed by atoms with van der Waals surface area (Å²) in [5, 5.41) is 7.42. The Bertz CT molecular complexity index is 1010. The highest BCUT2D eigenvalue weighted by Crippen LogP contribution is 2.36. The van der Waals surface area contributed by atoms with Crippen LogP contribution in [0, 0.1) is 0 Å². The molecule has 0 unspecified atom stereocenters. The number of halogens is 1. The Balaban J connectivity index is 1.71. The number of benzene rings is 2. The smallest absolute Gasteiger partial charge is 0.203 e. The number of ether oxygens (including phenoxy) is 3. The quantitative estimate of drug-likeness (QED) is 0.301. The third kappa shape index (κ3) is 5.64. The van der Waals surface area contributed by atoms with E-state index in [2.05, 4.69) is 15.5 Å². The third-order valence-corrected chi connectivity index (χ3v) is 5.05. The number of methoxy groups -OCH3 is 1. The molecule has 0 saturated heterocycles. The number of hydrogen-bond donors (Lipinski definition) is 1. The summed E-state index contributed by atoms with van der Waals surface area (Å²) in [6, 6.07) is 11.4. The number of nitrogens with zero attached hydrogens (tertiary/aromatic N) is 2. The van der Waals surface area contributed by atoms with Crippen molar-refractivity contribution in [3.05, 3.63) is 52.4 Å². The van der Waals surface area contributed by atoms with E-state index in [1.165, 1.54) is 11.3 Å². The molecule has 0 radical (unpaired) electrons. The molecule has 0 amide bonds. The van der Waals surface area contributed by atoms with Gasteiger partial charge in [-0.15, -0.1) is 11.3 Å². The minimum Gasteiger partial charge on any atom is -0.497 e. The summed E-state index contributed by atoms with van der Waals surface area (Å²) < 4.78 is 16.7. The van der Waals surface area contributed by atoms with Crippen LogP contribution < -0.4 is 19.6 Å². The second-order valence-corrected chi connectivity index (χ2v) is 7.52. The van der Waals surface area contributed by atoms with Gasteiger partial charge in [-0.05, 0) is 43.2 Å². The fourth-order valence-electron chi connectivity index (χ4n) is 2.67. The van der Waals surface area contributed by atoms with Crippen molar-refractivity contribution in [2.75, 3.05) is 25.7 Å². The average Bonchev–Trinajstić information content (AvgIpc) is 3.22. The fraction of sp³-hybridized carbons (Fsp3) is 0.273. The number of hydrogen-bond acceptors (Lipinski definition) is 7. The first kappa shape index (κ1) is 21.9. The van der Waals surface area contributed by atoms with Crippen molar-refractivity contribution >= 4 is 34.3 Å². The van der Waals surface area contributed by atoms with Crippen molar-refractivity contribution in [3.63, 3.8) is 0 Å². The van der Waals surface area contributed by atoms with Gasteiger partial charge in [-0.25, -0.2) is 4.98 Å². The van der Waals surface area contributed by atoms with E-state index in [9.17, 15) is 0 Å². The van der Waals surface area contributed by atoms with Gasteiger partial charge >= 0.3 is 0 Å². The molecule has 0 bridgehead atoms. The van der Waals surface area contributed by atoms with Crippen LogP contribution in [0.3, 0.4) is 0 Å². The maximum Gasteiger partial charge on any atom is 0.203 e. The summed E-state index contributed by atoms with van der Waals surface area (Å²) in [6.45, 7) is 5.06. The average molecular weight is 446 g/mol. The van der Waals surface area contributed by atoms with Crippen molar-refractivity contribution < 1.29 is 14.2 Å². The Hall–Kier alpha value is -2.77. The number of thiazole rings is 1. The van der Waals surface area contributed by atoms with Gasteiger partial charge in [0.05, 0.1) is 37.3 Å². The summed E-state index contributed by atoms with van der Waals surface area (Å²) in [7, 11) is 1.65. The summed E-state index contributed by atoms with van der Waals surface area (Å²) in [6.07, 6.45) is 2.56. The Morgan fingerprint density at radius 3 is 2.83 bits per heavy atom. The molecule has 0 aliphatic carbocycles. The molecule has 0 atom stereocenters. The van der Waals surface area contributed by atoms with Crippen LogP contribution in [-0.2, 0) is 0 Å². The van der Waals surface area contributed by atoms with Crippen molar-refractivity contribution in [2.24, 2.45) is 5.10 Å². The molecule has 158 valence electrons. The van der Waals surface area contributed by atoms with E-state index in [1.807, 2.05) is 49.6 Å². The number of aromatic nitrogens is 1. The monoisotopic (exact) mass is 445 g/mol. The SMILES string of the molecule is CCCOc1c(Cl)cc(/C=N\Nc2nc(-c3cccc(OC)c3)cs2)cc1OCC. The summed E-state index contributed by atoms with van der Waals surface area (Å²) in [5.41, 5.74) is 5.60. The standard InChI is InChI=1S/C22H24ClN3O3S/c1-4-9-29-21-18(23)10-15(11-20(21)28-5-2)13-24-26-22-25-19(14-30-22)16-7-6-8-17(12-16)27-3/h6-8,10-14H,4-5,9H2,1-3H3,(H,25,26)/b24-13-. The van der Waals surface area contributed by atoms with Crippen LogP contribution in [0.1, 0.15) is 25.8 Å². The maximum atomic E-state index is 6.39. The fourth-order valence-corrected chi connectivity index (χ4v) is 3.61. The Morgan fingerprint density at radius 2 is 2.07 bits per heavy atom. The molecule has 1 N–H and O–H groups in total. The van der Waals surface area contributed by atoms with Gasteiger partial charge in [0.25, 0.3) is 0 Å². The van der Waals surface area contributed by atoms with Gasteiger partial charge in [-0.1, -0.05) is 30.7 Å². The first-order valence-corrected chi connectivity index (χ1v) is 10.9. The highest BCUT2D eigenvalue weighted by Gasteiger charge is 2.12. The predicted octanol–water partition coefficient (Wildman–Crippen LogP) is 6.11. The molecule has 1 aromatic heterocycles. The molecule has 3 aromatic rings. The van der Waals surface area contributed by atoms with Crippen LogP contribution in [-0.4, -0.2) is 31.5 Å². The normalized spacial score (nSPS) is 10.9. The second kappa shape index (κ2) is 10.8. The first-order valence-electron chi connectivity index (χ1n) is 9.62. The van der Waals surface area contributed by atoms with Gasteiger partial charge in [0, 0.05) is 10.9 Å². The van der Waals surface area contributed by atoms with Gasteiger partial charge in [0.1, 0.15) is 5.75 Å². The molecule has 6 nitrogen and oxygen atoms in total. The van der Waals surface area contributed by atoms with Gasteiger partial charge in [-0.3, -0.25) is 5.43 Å². The molecule has 0 aliphatic rings.